The third-order valence-electron chi connectivity index (χ3n) is 2.00. The molecule has 0 spiro atoms. The normalized spacial score (nSPS) is 12.6. The maximum atomic E-state index is 11.3. The first-order valence-corrected chi connectivity index (χ1v) is 5.00. The largest absolute Gasteiger partial charge is 0.356 e. The summed E-state index contributed by atoms with van der Waals surface area (Å²) < 4.78 is 0. The van der Waals surface area contributed by atoms with Gasteiger partial charge < -0.3 is 5.32 Å². The van der Waals surface area contributed by atoms with E-state index in [1.54, 1.807) is 0 Å². The second-order valence-electron chi connectivity index (χ2n) is 3.33. The molecule has 0 heterocycles. The van der Waals surface area contributed by atoms with Gasteiger partial charge in [-0.3, -0.25) is 4.79 Å². The van der Waals surface area contributed by atoms with Gasteiger partial charge in [0.1, 0.15) is 0 Å². The van der Waals surface area contributed by atoms with Crippen molar-refractivity contribution in [1.82, 2.24) is 5.32 Å². The lowest BCUT2D eigenvalue weighted by molar-refractivity contribution is -0.124. The Bertz CT molecular complexity index is 123. The van der Waals surface area contributed by atoms with E-state index in [1.165, 1.54) is 0 Å². The Balaban J connectivity index is 3.43. The average Bonchev–Trinajstić information content (AvgIpc) is 2.05. The van der Waals surface area contributed by atoms with Crippen LogP contribution in [0.1, 0.15) is 46.5 Å². The molecule has 0 bridgehead atoms. The van der Waals surface area contributed by atoms with Crippen LogP contribution in [-0.2, 0) is 4.79 Å². The minimum atomic E-state index is 0.187. The van der Waals surface area contributed by atoms with Crippen LogP contribution in [0.5, 0.6) is 0 Å². The van der Waals surface area contributed by atoms with E-state index < -0.39 is 0 Å². The van der Waals surface area contributed by atoms with Crippen molar-refractivity contribution in [3.8, 4) is 0 Å². The van der Waals surface area contributed by atoms with E-state index in [4.69, 9.17) is 0 Å². The number of hydrogen-bond donors (Lipinski definition) is 1. The predicted molar refractivity (Wildman–Crippen MR) is 52.0 cm³/mol. The van der Waals surface area contributed by atoms with Gasteiger partial charge in [0, 0.05) is 12.5 Å². The fourth-order valence-corrected chi connectivity index (χ4v) is 1.13. The summed E-state index contributed by atoms with van der Waals surface area (Å²) in [5.41, 5.74) is 0. The molecule has 0 aliphatic rings. The number of carbonyl (C=O) groups is 1. The van der Waals surface area contributed by atoms with E-state index in [-0.39, 0.29) is 11.8 Å². The Kier molecular flexibility index (Phi) is 6.82. The van der Waals surface area contributed by atoms with Crippen molar-refractivity contribution in [3.05, 3.63) is 0 Å². The van der Waals surface area contributed by atoms with Crippen molar-refractivity contribution in [2.24, 2.45) is 5.92 Å². The van der Waals surface area contributed by atoms with E-state index in [1.807, 2.05) is 6.92 Å². The summed E-state index contributed by atoms with van der Waals surface area (Å²) in [6, 6.07) is 0. The second-order valence-corrected chi connectivity index (χ2v) is 3.33. The fraction of sp³-hybridized carbons (Fsp3) is 0.900. The van der Waals surface area contributed by atoms with Gasteiger partial charge in [-0.05, 0) is 12.8 Å². The van der Waals surface area contributed by atoms with Crippen LogP contribution < -0.4 is 5.32 Å². The molecule has 2 heteroatoms. The van der Waals surface area contributed by atoms with Crippen molar-refractivity contribution in [3.63, 3.8) is 0 Å². The van der Waals surface area contributed by atoms with Crippen LogP contribution in [0.4, 0.5) is 0 Å². The van der Waals surface area contributed by atoms with Crippen molar-refractivity contribution in [1.29, 1.82) is 0 Å². The molecule has 0 rings (SSSR count). The molecule has 12 heavy (non-hydrogen) atoms. The zero-order valence-corrected chi connectivity index (χ0v) is 8.52. The molecular weight excluding hydrogens is 150 g/mol. The topological polar surface area (TPSA) is 29.1 Å². The number of rotatable bonds is 6. The third-order valence-corrected chi connectivity index (χ3v) is 2.00. The van der Waals surface area contributed by atoms with Crippen LogP contribution in [0, 0.1) is 5.92 Å². The molecule has 0 aromatic rings. The highest BCUT2D eigenvalue weighted by Crippen LogP contribution is 2.04. The Morgan fingerprint density at radius 3 is 2.50 bits per heavy atom. The van der Waals surface area contributed by atoms with Crippen molar-refractivity contribution in [2.45, 2.75) is 46.5 Å². The lowest BCUT2D eigenvalue weighted by Gasteiger charge is -2.10. The first-order valence-electron chi connectivity index (χ1n) is 5.00. The highest BCUT2D eigenvalue weighted by molar-refractivity contribution is 5.78. The first-order chi connectivity index (χ1) is 5.72. The number of hydrogen-bond acceptors (Lipinski definition) is 1. The molecule has 0 aliphatic heterocycles. The minimum absolute atomic E-state index is 0.187. The van der Waals surface area contributed by atoms with Crippen LogP contribution in [0.2, 0.25) is 0 Å². The third kappa shape index (κ3) is 5.16. The van der Waals surface area contributed by atoms with Crippen molar-refractivity contribution < 1.29 is 4.79 Å². The molecule has 0 fully saturated rings. The van der Waals surface area contributed by atoms with E-state index in [0.29, 0.717) is 0 Å². The van der Waals surface area contributed by atoms with Gasteiger partial charge in [-0.15, -0.1) is 0 Å². The maximum absolute atomic E-state index is 11.3. The molecule has 0 aliphatic carbocycles. The monoisotopic (exact) mass is 171 g/mol. The van der Waals surface area contributed by atoms with Gasteiger partial charge in [-0.25, -0.2) is 0 Å². The molecule has 0 radical (unpaired) electrons. The number of unbranched alkanes of at least 4 members (excludes halogenated alkanes) is 1. The van der Waals surface area contributed by atoms with Crippen LogP contribution in [-0.4, -0.2) is 12.5 Å². The van der Waals surface area contributed by atoms with Gasteiger partial charge in [-0.1, -0.05) is 33.6 Å². The number of amides is 1. The summed E-state index contributed by atoms with van der Waals surface area (Å²) in [6.45, 7) is 7.06. The van der Waals surface area contributed by atoms with Crippen LogP contribution in [0.15, 0.2) is 0 Å². The predicted octanol–water partition coefficient (Wildman–Crippen LogP) is 2.34. The van der Waals surface area contributed by atoms with E-state index in [2.05, 4.69) is 19.2 Å². The Labute approximate surface area is 75.7 Å². The van der Waals surface area contributed by atoms with Gasteiger partial charge in [0.05, 0.1) is 0 Å². The highest BCUT2D eigenvalue weighted by atomic mass is 16.1. The lowest BCUT2D eigenvalue weighted by Crippen LogP contribution is -2.29. The van der Waals surface area contributed by atoms with Gasteiger partial charge in [0.2, 0.25) is 5.91 Å². The summed E-state index contributed by atoms with van der Waals surface area (Å²) in [4.78, 5) is 11.3. The van der Waals surface area contributed by atoms with Crippen LogP contribution in [0.3, 0.4) is 0 Å². The van der Waals surface area contributed by atoms with E-state index in [9.17, 15) is 4.79 Å². The molecule has 0 unspecified atom stereocenters. The number of carbonyl (C=O) groups excluding carboxylic acids is 1. The van der Waals surface area contributed by atoms with E-state index in [0.717, 1.165) is 32.2 Å². The standard InChI is InChI=1S/C10H21NO/c1-4-6-8-11-10(12)9(3)7-5-2/h9H,4-8H2,1-3H3,(H,11,12)/t9-/m1/s1. The summed E-state index contributed by atoms with van der Waals surface area (Å²) in [7, 11) is 0. The minimum Gasteiger partial charge on any atom is -0.356 e. The summed E-state index contributed by atoms with van der Waals surface area (Å²) in [6.07, 6.45) is 4.31. The zero-order valence-electron chi connectivity index (χ0n) is 8.52. The average molecular weight is 171 g/mol. The van der Waals surface area contributed by atoms with Crippen molar-refractivity contribution >= 4 is 5.91 Å². The zero-order chi connectivity index (χ0) is 9.40. The Morgan fingerprint density at radius 2 is 2.00 bits per heavy atom. The van der Waals surface area contributed by atoms with Crippen LogP contribution in [0.25, 0.3) is 0 Å². The van der Waals surface area contributed by atoms with E-state index >= 15 is 0 Å². The molecule has 1 atom stereocenters. The van der Waals surface area contributed by atoms with Gasteiger partial charge >= 0.3 is 0 Å². The molecule has 1 amide bonds. The quantitative estimate of drug-likeness (QED) is 0.611. The molecule has 0 saturated carbocycles. The summed E-state index contributed by atoms with van der Waals surface area (Å²) in [5.74, 6) is 0.400. The smallest absolute Gasteiger partial charge is 0.222 e. The van der Waals surface area contributed by atoms with Gasteiger partial charge in [0.15, 0.2) is 0 Å². The molecule has 1 N–H and O–H groups in total. The van der Waals surface area contributed by atoms with Gasteiger partial charge in [-0.2, -0.15) is 0 Å². The van der Waals surface area contributed by atoms with Gasteiger partial charge in [0.25, 0.3) is 0 Å². The molecule has 72 valence electrons. The molecular formula is C10H21NO. The Morgan fingerprint density at radius 1 is 1.33 bits per heavy atom. The lowest BCUT2D eigenvalue weighted by atomic mass is 10.1. The van der Waals surface area contributed by atoms with Crippen molar-refractivity contribution in [2.75, 3.05) is 6.54 Å². The molecule has 0 aromatic heterocycles. The highest BCUT2D eigenvalue weighted by Gasteiger charge is 2.09. The number of nitrogens with one attached hydrogen (secondary N) is 1. The fourth-order valence-electron chi connectivity index (χ4n) is 1.13. The van der Waals surface area contributed by atoms with Crippen LogP contribution >= 0.6 is 0 Å². The Hall–Kier alpha value is -0.530. The SMILES string of the molecule is CCCCNC(=O)[C@H](C)CCC. The second kappa shape index (κ2) is 7.14. The summed E-state index contributed by atoms with van der Waals surface area (Å²) in [5, 5.41) is 2.93. The molecule has 0 aromatic carbocycles. The maximum Gasteiger partial charge on any atom is 0.222 e. The summed E-state index contributed by atoms with van der Waals surface area (Å²) >= 11 is 0. The first kappa shape index (κ1) is 11.5. The molecule has 2 nitrogen and oxygen atoms in total. The molecule has 0 saturated heterocycles.